The smallest absolute Gasteiger partial charge is 0.314 e. The van der Waals surface area contributed by atoms with Crippen molar-refractivity contribution in [3.05, 3.63) is 44.0 Å². The van der Waals surface area contributed by atoms with Gasteiger partial charge >= 0.3 is 11.1 Å². The Morgan fingerprint density at radius 2 is 1.64 bits per heavy atom. The number of fused-ring (bicyclic) bond motifs is 1. The van der Waals surface area contributed by atoms with E-state index < -0.39 is 11.1 Å². The minimum atomic E-state index is -0.610. The van der Waals surface area contributed by atoms with Gasteiger partial charge in [0, 0.05) is 0 Å². The highest BCUT2D eigenvalue weighted by Gasteiger charge is 2.03. The number of H-pyrrole nitrogens is 2. The summed E-state index contributed by atoms with van der Waals surface area (Å²) in [5, 5.41) is 0. The zero-order chi connectivity index (χ0) is 10.3. The highest BCUT2D eigenvalue weighted by Crippen LogP contribution is 2.14. The van der Waals surface area contributed by atoms with Gasteiger partial charge in [-0.05, 0) is 31.0 Å². The molecular weight excluding hydrogens is 180 g/mol. The molecule has 0 saturated carbocycles. The number of aryl methyl sites for hydroxylation is 2. The van der Waals surface area contributed by atoms with E-state index in [-0.39, 0.29) is 0 Å². The van der Waals surface area contributed by atoms with E-state index >= 15 is 0 Å². The molecule has 72 valence electrons. The number of aromatic nitrogens is 2. The van der Waals surface area contributed by atoms with Crippen LogP contribution in [0.3, 0.4) is 0 Å². The predicted octanol–water partition coefficient (Wildman–Crippen LogP) is 0.833. The van der Waals surface area contributed by atoms with Crippen LogP contribution in [0.5, 0.6) is 0 Å². The molecule has 0 spiro atoms. The Labute approximate surface area is 79.6 Å². The zero-order valence-corrected chi connectivity index (χ0v) is 7.97. The molecule has 1 heterocycles. The third kappa shape index (κ3) is 1.16. The van der Waals surface area contributed by atoms with Crippen molar-refractivity contribution in [2.24, 2.45) is 0 Å². The number of rotatable bonds is 0. The summed E-state index contributed by atoms with van der Waals surface area (Å²) in [7, 11) is 0. The summed E-state index contributed by atoms with van der Waals surface area (Å²) < 4.78 is 0. The number of nitrogens with one attached hydrogen (secondary N) is 2. The third-order valence-corrected chi connectivity index (χ3v) is 2.43. The number of benzene rings is 1. The van der Waals surface area contributed by atoms with Gasteiger partial charge in [0.1, 0.15) is 0 Å². The minimum Gasteiger partial charge on any atom is -0.316 e. The summed E-state index contributed by atoms with van der Waals surface area (Å²) in [5.74, 6) is 0. The summed E-state index contributed by atoms with van der Waals surface area (Å²) in [6.07, 6.45) is 0. The van der Waals surface area contributed by atoms with E-state index in [0.29, 0.717) is 11.0 Å². The standard InChI is InChI=1S/C10H10N2O2/c1-5-3-4-7-8(6(5)2)12-10(14)9(13)11-7/h3-4H,1-2H3,(H,11,13)(H,12,14). The van der Waals surface area contributed by atoms with Crippen molar-refractivity contribution < 1.29 is 0 Å². The fourth-order valence-corrected chi connectivity index (χ4v) is 1.43. The molecule has 4 heteroatoms. The van der Waals surface area contributed by atoms with Crippen LogP contribution in [0.15, 0.2) is 21.7 Å². The molecule has 0 radical (unpaired) electrons. The molecule has 0 aliphatic carbocycles. The van der Waals surface area contributed by atoms with Crippen LogP contribution in [0, 0.1) is 13.8 Å². The molecule has 2 aromatic rings. The number of hydrogen-bond acceptors (Lipinski definition) is 2. The van der Waals surface area contributed by atoms with Crippen LogP contribution in [-0.2, 0) is 0 Å². The molecule has 1 aromatic carbocycles. The molecule has 1 aromatic heterocycles. The second-order valence-electron chi connectivity index (χ2n) is 3.34. The van der Waals surface area contributed by atoms with E-state index in [0.717, 1.165) is 11.1 Å². The first-order valence-corrected chi connectivity index (χ1v) is 4.32. The molecule has 4 nitrogen and oxygen atoms in total. The Balaban J connectivity index is 3.04. The van der Waals surface area contributed by atoms with Crippen LogP contribution in [0.2, 0.25) is 0 Å². The zero-order valence-electron chi connectivity index (χ0n) is 7.97. The molecule has 14 heavy (non-hydrogen) atoms. The molecule has 2 N–H and O–H groups in total. The van der Waals surface area contributed by atoms with Gasteiger partial charge in [-0.15, -0.1) is 0 Å². The SMILES string of the molecule is Cc1ccc2[nH]c(=O)c(=O)[nH]c2c1C. The fourth-order valence-electron chi connectivity index (χ4n) is 1.43. The van der Waals surface area contributed by atoms with Crippen molar-refractivity contribution in [3.63, 3.8) is 0 Å². The van der Waals surface area contributed by atoms with Gasteiger partial charge in [-0.3, -0.25) is 9.59 Å². The average molecular weight is 190 g/mol. The van der Waals surface area contributed by atoms with Crippen molar-refractivity contribution in [2.45, 2.75) is 13.8 Å². The Hall–Kier alpha value is -1.84. The molecule has 2 rings (SSSR count). The summed E-state index contributed by atoms with van der Waals surface area (Å²) in [6.45, 7) is 3.87. The van der Waals surface area contributed by atoms with Crippen molar-refractivity contribution in [2.75, 3.05) is 0 Å². The molecule has 0 amide bonds. The maximum Gasteiger partial charge on any atom is 0.314 e. The Bertz CT molecular complexity index is 608. The van der Waals surface area contributed by atoms with Gasteiger partial charge in [0.25, 0.3) is 0 Å². The lowest BCUT2D eigenvalue weighted by Crippen LogP contribution is -2.29. The van der Waals surface area contributed by atoms with Gasteiger partial charge in [-0.25, -0.2) is 0 Å². The van der Waals surface area contributed by atoms with Gasteiger partial charge in [-0.1, -0.05) is 6.07 Å². The second-order valence-corrected chi connectivity index (χ2v) is 3.34. The van der Waals surface area contributed by atoms with Gasteiger partial charge in [0.05, 0.1) is 11.0 Å². The average Bonchev–Trinajstić information content (AvgIpc) is 2.15. The molecule has 0 unspecified atom stereocenters. The molecule has 0 bridgehead atoms. The van der Waals surface area contributed by atoms with E-state index in [1.807, 2.05) is 19.9 Å². The van der Waals surface area contributed by atoms with E-state index in [4.69, 9.17) is 0 Å². The first-order valence-electron chi connectivity index (χ1n) is 4.32. The maximum atomic E-state index is 11.1. The predicted molar refractivity (Wildman–Crippen MR) is 54.7 cm³/mol. The van der Waals surface area contributed by atoms with Crippen LogP contribution in [0.1, 0.15) is 11.1 Å². The van der Waals surface area contributed by atoms with Crippen LogP contribution in [0.25, 0.3) is 11.0 Å². The van der Waals surface area contributed by atoms with Gasteiger partial charge < -0.3 is 9.97 Å². The summed E-state index contributed by atoms with van der Waals surface area (Å²) in [4.78, 5) is 27.2. The first-order chi connectivity index (χ1) is 6.59. The van der Waals surface area contributed by atoms with Crippen LogP contribution in [-0.4, -0.2) is 9.97 Å². The minimum absolute atomic E-state index is 0.605. The molecule has 0 fully saturated rings. The van der Waals surface area contributed by atoms with Crippen molar-refractivity contribution in [1.82, 2.24) is 9.97 Å². The van der Waals surface area contributed by atoms with E-state index in [2.05, 4.69) is 9.97 Å². The van der Waals surface area contributed by atoms with Gasteiger partial charge in [0.15, 0.2) is 0 Å². The highest BCUT2D eigenvalue weighted by atomic mass is 16.2. The quantitative estimate of drug-likeness (QED) is 0.604. The van der Waals surface area contributed by atoms with Gasteiger partial charge in [-0.2, -0.15) is 0 Å². The Kier molecular flexibility index (Phi) is 1.77. The fraction of sp³-hybridized carbons (Fsp3) is 0.200. The summed E-state index contributed by atoms with van der Waals surface area (Å²) in [5.41, 5.74) is 2.22. The van der Waals surface area contributed by atoms with Crippen LogP contribution in [0.4, 0.5) is 0 Å². The summed E-state index contributed by atoms with van der Waals surface area (Å²) >= 11 is 0. The third-order valence-electron chi connectivity index (χ3n) is 2.43. The normalized spacial score (nSPS) is 10.7. The van der Waals surface area contributed by atoms with Crippen molar-refractivity contribution >= 4 is 11.0 Å². The molecule has 0 saturated heterocycles. The van der Waals surface area contributed by atoms with Crippen molar-refractivity contribution in [1.29, 1.82) is 0 Å². The first kappa shape index (κ1) is 8.74. The van der Waals surface area contributed by atoms with E-state index in [1.165, 1.54) is 0 Å². The van der Waals surface area contributed by atoms with Gasteiger partial charge in [0.2, 0.25) is 0 Å². The van der Waals surface area contributed by atoms with Crippen molar-refractivity contribution in [3.8, 4) is 0 Å². The highest BCUT2D eigenvalue weighted by molar-refractivity contribution is 5.78. The number of hydrogen-bond donors (Lipinski definition) is 2. The lowest BCUT2D eigenvalue weighted by molar-refractivity contribution is 1.13. The molecule has 0 aliphatic rings. The monoisotopic (exact) mass is 190 g/mol. The lowest BCUT2D eigenvalue weighted by atomic mass is 10.1. The molecular formula is C10H10N2O2. The number of aromatic amines is 2. The van der Waals surface area contributed by atoms with Crippen LogP contribution >= 0.6 is 0 Å². The van der Waals surface area contributed by atoms with E-state index in [9.17, 15) is 9.59 Å². The maximum absolute atomic E-state index is 11.1. The summed E-state index contributed by atoms with van der Waals surface area (Å²) in [6, 6.07) is 3.70. The Morgan fingerprint density at radius 3 is 2.36 bits per heavy atom. The topological polar surface area (TPSA) is 65.7 Å². The molecule has 0 atom stereocenters. The van der Waals surface area contributed by atoms with Crippen LogP contribution < -0.4 is 11.1 Å². The lowest BCUT2D eigenvalue weighted by Gasteiger charge is -2.03. The largest absolute Gasteiger partial charge is 0.316 e. The Morgan fingerprint density at radius 1 is 1.00 bits per heavy atom. The van der Waals surface area contributed by atoms with E-state index in [1.54, 1.807) is 6.07 Å². The second kappa shape index (κ2) is 2.83. The molecule has 0 aliphatic heterocycles.